The normalized spacial score (nSPS) is 12.6. The van der Waals surface area contributed by atoms with E-state index in [1.54, 1.807) is 0 Å². The molecule has 3 N–H and O–H groups in total. The van der Waals surface area contributed by atoms with Crippen LogP contribution >= 0.6 is 0 Å². The largest absolute Gasteiger partial charge is 0.370 e. The fourth-order valence-corrected chi connectivity index (χ4v) is 1.86. The molecule has 0 aromatic carbocycles. The fourth-order valence-electron chi connectivity index (χ4n) is 1.86. The smallest absolute Gasteiger partial charge is 0.219 e. The first-order valence-corrected chi connectivity index (χ1v) is 6.34. The van der Waals surface area contributed by atoms with Crippen molar-refractivity contribution in [3.05, 3.63) is 24.0 Å². The second kappa shape index (κ2) is 7.12. The number of carbonyl (C=O) groups excluding carboxylic acids is 1. The second-order valence-corrected chi connectivity index (χ2v) is 4.31. The lowest BCUT2D eigenvalue weighted by Gasteiger charge is -2.15. The average Bonchev–Trinajstić information content (AvgIpc) is 2.76. The predicted octanol–water partition coefficient (Wildman–Crippen LogP) is 1.81. The molecular formula is C13H23N3O. The zero-order chi connectivity index (χ0) is 12.7. The van der Waals surface area contributed by atoms with E-state index in [1.165, 1.54) is 5.56 Å². The molecule has 4 nitrogen and oxygen atoms in total. The Morgan fingerprint density at radius 1 is 1.53 bits per heavy atom. The lowest BCUT2D eigenvalue weighted by molar-refractivity contribution is -0.118. The quantitative estimate of drug-likeness (QED) is 0.724. The van der Waals surface area contributed by atoms with Gasteiger partial charge in [-0.3, -0.25) is 4.79 Å². The zero-order valence-corrected chi connectivity index (χ0v) is 10.8. The zero-order valence-electron chi connectivity index (χ0n) is 10.8. The van der Waals surface area contributed by atoms with Crippen molar-refractivity contribution < 1.29 is 4.79 Å². The van der Waals surface area contributed by atoms with Crippen LogP contribution in [0.2, 0.25) is 0 Å². The van der Waals surface area contributed by atoms with E-state index in [9.17, 15) is 4.79 Å². The van der Waals surface area contributed by atoms with Crippen molar-refractivity contribution >= 4 is 5.91 Å². The molecule has 0 saturated carbocycles. The SMILES string of the molecule is CCCNC(CC)c1ccn(CCC(N)=O)c1. The molecule has 1 heterocycles. The van der Waals surface area contributed by atoms with Gasteiger partial charge < -0.3 is 15.6 Å². The second-order valence-electron chi connectivity index (χ2n) is 4.31. The highest BCUT2D eigenvalue weighted by Gasteiger charge is 2.09. The maximum absolute atomic E-state index is 10.7. The number of carbonyl (C=O) groups is 1. The van der Waals surface area contributed by atoms with Gasteiger partial charge in [0.1, 0.15) is 0 Å². The standard InChI is InChI=1S/C13H23N3O/c1-3-7-15-12(4-2)11-5-8-16(10-11)9-6-13(14)17/h5,8,10,12,15H,3-4,6-7,9H2,1-2H3,(H2,14,17). The molecule has 0 saturated heterocycles. The lowest BCUT2D eigenvalue weighted by atomic mass is 10.1. The third kappa shape index (κ3) is 4.61. The summed E-state index contributed by atoms with van der Waals surface area (Å²) in [6.45, 7) is 6.04. The summed E-state index contributed by atoms with van der Waals surface area (Å²) >= 11 is 0. The minimum atomic E-state index is -0.253. The van der Waals surface area contributed by atoms with Crippen molar-refractivity contribution in [2.45, 2.75) is 45.7 Å². The van der Waals surface area contributed by atoms with E-state index in [1.807, 2.05) is 10.8 Å². The van der Waals surface area contributed by atoms with E-state index >= 15 is 0 Å². The Morgan fingerprint density at radius 2 is 2.29 bits per heavy atom. The summed E-state index contributed by atoms with van der Waals surface area (Å²) in [6.07, 6.45) is 6.71. The topological polar surface area (TPSA) is 60.1 Å². The van der Waals surface area contributed by atoms with Gasteiger partial charge in [-0.2, -0.15) is 0 Å². The molecule has 0 spiro atoms. The van der Waals surface area contributed by atoms with Gasteiger partial charge in [-0.1, -0.05) is 13.8 Å². The van der Waals surface area contributed by atoms with Crippen molar-refractivity contribution in [3.63, 3.8) is 0 Å². The van der Waals surface area contributed by atoms with E-state index in [4.69, 9.17) is 5.73 Å². The summed E-state index contributed by atoms with van der Waals surface area (Å²) in [5.41, 5.74) is 6.42. The first-order chi connectivity index (χ1) is 8.17. The van der Waals surface area contributed by atoms with Gasteiger partial charge in [0.15, 0.2) is 0 Å². The van der Waals surface area contributed by atoms with Crippen LogP contribution in [-0.2, 0) is 11.3 Å². The fraction of sp³-hybridized carbons (Fsp3) is 0.615. The molecule has 0 bridgehead atoms. The molecule has 1 unspecified atom stereocenters. The van der Waals surface area contributed by atoms with Crippen molar-refractivity contribution in [2.75, 3.05) is 6.54 Å². The maximum Gasteiger partial charge on any atom is 0.219 e. The molecule has 0 radical (unpaired) electrons. The first kappa shape index (κ1) is 13.8. The predicted molar refractivity (Wildman–Crippen MR) is 69.6 cm³/mol. The monoisotopic (exact) mass is 237 g/mol. The molecule has 96 valence electrons. The Labute approximate surface area is 103 Å². The molecular weight excluding hydrogens is 214 g/mol. The molecule has 0 aliphatic heterocycles. The van der Waals surface area contributed by atoms with E-state index < -0.39 is 0 Å². The summed E-state index contributed by atoms with van der Waals surface area (Å²) in [6, 6.07) is 2.52. The highest BCUT2D eigenvalue weighted by atomic mass is 16.1. The summed E-state index contributed by atoms with van der Waals surface area (Å²) < 4.78 is 2.02. The highest BCUT2D eigenvalue weighted by Crippen LogP contribution is 2.17. The van der Waals surface area contributed by atoms with Crippen LogP contribution in [0.25, 0.3) is 0 Å². The van der Waals surface area contributed by atoms with E-state index in [2.05, 4.69) is 31.4 Å². The molecule has 0 aliphatic rings. The minimum Gasteiger partial charge on any atom is -0.370 e. The van der Waals surface area contributed by atoms with Crippen molar-refractivity contribution in [2.24, 2.45) is 5.73 Å². The van der Waals surface area contributed by atoms with Crippen LogP contribution in [-0.4, -0.2) is 17.0 Å². The van der Waals surface area contributed by atoms with Gasteiger partial charge in [-0.05, 0) is 31.0 Å². The van der Waals surface area contributed by atoms with Crippen LogP contribution in [0.1, 0.15) is 44.7 Å². The molecule has 0 fully saturated rings. The molecule has 1 atom stereocenters. The number of nitrogens with zero attached hydrogens (tertiary/aromatic N) is 1. The Bertz CT molecular complexity index is 346. The van der Waals surface area contributed by atoms with Gasteiger partial charge in [-0.25, -0.2) is 0 Å². The Morgan fingerprint density at radius 3 is 2.88 bits per heavy atom. The summed E-state index contributed by atoms with van der Waals surface area (Å²) in [7, 11) is 0. The lowest BCUT2D eigenvalue weighted by Crippen LogP contribution is -2.21. The van der Waals surface area contributed by atoms with Gasteiger partial charge in [-0.15, -0.1) is 0 Å². The average molecular weight is 237 g/mol. The molecule has 17 heavy (non-hydrogen) atoms. The number of aryl methyl sites for hydroxylation is 1. The molecule has 1 amide bonds. The van der Waals surface area contributed by atoms with E-state index in [-0.39, 0.29) is 5.91 Å². The number of rotatable bonds is 8. The van der Waals surface area contributed by atoms with Gasteiger partial charge in [0.25, 0.3) is 0 Å². The summed E-state index contributed by atoms with van der Waals surface area (Å²) in [5, 5.41) is 3.51. The van der Waals surface area contributed by atoms with Crippen molar-refractivity contribution in [1.82, 2.24) is 9.88 Å². The highest BCUT2D eigenvalue weighted by molar-refractivity contribution is 5.73. The Hall–Kier alpha value is -1.29. The van der Waals surface area contributed by atoms with Crippen LogP contribution in [0.4, 0.5) is 0 Å². The summed E-state index contributed by atoms with van der Waals surface area (Å²) in [5.74, 6) is -0.253. The van der Waals surface area contributed by atoms with Gasteiger partial charge in [0, 0.05) is 31.4 Å². The number of aromatic nitrogens is 1. The number of nitrogens with two attached hydrogens (primary N) is 1. The summed E-state index contributed by atoms with van der Waals surface area (Å²) in [4.78, 5) is 10.7. The maximum atomic E-state index is 10.7. The molecule has 0 aliphatic carbocycles. The number of primary amides is 1. The number of hydrogen-bond acceptors (Lipinski definition) is 2. The van der Waals surface area contributed by atoms with Crippen LogP contribution in [0.5, 0.6) is 0 Å². The van der Waals surface area contributed by atoms with Crippen LogP contribution in [0.3, 0.4) is 0 Å². The van der Waals surface area contributed by atoms with Crippen molar-refractivity contribution in [3.8, 4) is 0 Å². The van der Waals surface area contributed by atoms with Crippen LogP contribution in [0, 0.1) is 0 Å². The molecule has 4 heteroatoms. The van der Waals surface area contributed by atoms with Gasteiger partial charge in [0.05, 0.1) is 0 Å². The number of hydrogen-bond donors (Lipinski definition) is 2. The van der Waals surface area contributed by atoms with Gasteiger partial charge in [0.2, 0.25) is 5.91 Å². The van der Waals surface area contributed by atoms with Crippen LogP contribution in [0.15, 0.2) is 18.5 Å². The third-order valence-corrected chi connectivity index (χ3v) is 2.84. The number of nitrogens with one attached hydrogen (secondary N) is 1. The van der Waals surface area contributed by atoms with Gasteiger partial charge >= 0.3 is 0 Å². The van der Waals surface area contributed by atoms with Crippen molar-refractivity contribution in [1.29, 1.82) is 0 Å². The third-order valence-electron chi connectivity index (χ3n) is 2.84. The Balaban J connectivity index is 2.55. The van der Waals surface area contributed by atoms with E-state index in [0.29, 0.717) is 19.0 Å². The molecule has 1 rings (SSSR count). The minimum absolute atomic E-state index is 0.253. The molecule has 1 aromatic heterocycles. The van der Waals surface area contributed by atoms with E-state index in [0.717, 1.165) is 19.4 Å². The molecule has 1 aromatic rings. The number of amides is 1. The first-order valence-electron chi connectivity index (χ1n) is 6.34. The van der Waals surface area contributed by atoms with Crippen LogP contribution < -0.4 is 11.1 Å². The Kier molecular flexibility index (Phi) is 5.77.